The highest BCUT2D eigenvalue weighted by Crippen LogP contribution is 2.32. The third-order valence-corrected chi connectivity index (χ3v) is 4.91. The Morgan fingerprint density at radius 1 is 1.35 bits per heavy atom. The van der Waals surface area contributed by atoms with Crippen LogP contribution in [0, 0.1) is 0 Å². The van der Waals surface area contributed by atoms with Gasteiger partial charge in [0.2, 0.25) is 5.91 Å². The smallest absolute Gasteiger partial charge is 0.223 e. The molecule has 5 heteroatoms. The van der Waals surface area contributed by atoms with Crippen molar-refractivity contribution in [2.24, 2.45) is 0 Å². The van der Waals surface area contributed by atoms with E-state index in [-0.39, 0.29) is 24.2 Å². The fourth-order valence-electron chi connectivity index (χ4n) is 3.73. The summed E-state index contributed by atoms with van der Waals surface area (Å²) in [6, 6.07) is 8.05. The quantitative estimate of drug-likeness (QED) is 0.833. The Morgan fingerprint density at radius 2 is 2.22 bits per heavy atom. The van der Waals surface area contributed by atoms with E-state index in [9.17, 15) is 4.79 Å². The Kier molecular flexibility index (Phi) is 5.18. The summed E-state index contributed by atoms with van der Waals surface area (Å²) in [4.78, 5) is 14.7. The largest absolute Gasteiger partial charge is 0.497 e. The Hall–Kier alpha value is -1.59. The molecule has 1 aromatic carbocycles. The predicted molar refractivity (Wildman–Crippen MR) is 86.6 cm³/mol. The molecule has 5 nitrogen and oxygen atoms in total. The topological polar surface area (TPSA) is 48.0 Å². The molecule has 0 radical (unpaired) electrons. The van der Waals surface area contributed by atoms with Crippen LogP contribution < -0.4 is 4.74 Å². The number of aryl methyl sites for hydroxylation is 1. The predicted octanol–water partition coefficient (Wildman–Crippen LogP) is 2.03. The van der Waals surface area contributed by atoms with Crippen molar-refractivity contribution in [3.05, 3.63) is 29.8 Å². The van der Waals surface area contributed by atoms with Crippen LogP contribution in [-0.4, -0.2) is 56.4 Å². The molecule has 3 rings (SSSR count). The minimum absolute atomic E-state index is 0.0123. The number of nitrogens with zero attached hydrogens (tertiary/aromatic N) is 1. The molecule has 0 aromatic heterocycles. The van der Waals surface area contributed by atoms with Gasteiger partial charge in [0.05, 0.1) is 25.9 Å². The highest BCUT2D eigenvalue weighted by atomic mass is 16.5. The summed E-state index contributed by atoms with van der Waals surface area (Å²) < 4.78 is 16.7. The molecule has 1 saturated heterocycles. The van der Waals surface area contributed by atoms with Crippen LogP contribution in [-0.2, 0) is 20.7 Å². The van der Waals surface area contributed by atoms with Crippen molar-refractivity contribution < 1.29 is 19.0 Å². The van der Waals surface area contributed by atoms with Gasteiger partial charge in [0, 0.05) is 20.1 Å². The second kappa shape index (κ2) is 7.32. The van der Waals surface area contributed by atoms with Crippen LogP contribution in [0.4, 0.5) is 0 Å². The Bertz CT molecular complexity index is 548. The molecule has 2 aliphatic rings. The normalized spacial score (nSPS) is 26.9. The minimum Gasteiger partial charge on any atom is -0.497 e. The van der Waals surface area contributed by atoms with Crippen LogP contribution >= 0.6 is 0 Å². The number of amides is 1. The number of hydrogen-bond acceptors (Lipinski definition) is 4. The van der Waals surface area contributed by atoms with E-state index in [0.29, 0.717) is 19.6 Å². The molecule has 1 amide bonds. The molecule has 23 heavy (non-hydrogen) atoms. The fraction of sp³-hybridized carbons (Fsp3) is 0.611. The minimum atomic E-state index is 0.0123. The summed E-state index contributed by atoms with van der Waals surface area (Å²) in [5.74, 6) is 1.02. The lowest BCUT2D eigenvalue weighted by atomic mass is 10.1. The molecular formula is C18H25NO4. The number of fused-ring (bicyclic) bond motifs is 2. The molecule has 2 fully saturated rings. The molecule has 0 spiro atoms. The number of carbonyl (C=O) groups excluding carboxylic acids is 1. The van der Waals surface area contributed by atoms with Crippen molar-refractivity contribution in [2.75, 3.05) is 27.4 Å². The molecule has 3 atom stereocenters. The zero-order chi connectivity index (χ0) is 16.2. The summed E-state index contributed by atoms with van der Waals surface area (Å²) in [7, 11) is 3.37. The molecule has 1 heterocycles. The van der Waals surface area contributed by atoms with Gasteiger partial charge < -0.3 is 19.1 Å². The first kappa shape index (κ1) is 16.3. The molecular weight excluding hydrogens is 294 g/mol. The van der Waals surface area contributed by atoms with E-state index in [0.717, 1.165) is 30.6 Å². The van der Waals surface area contributed by atoms with Crippen LogP contribution in [0.25, 0.3) is 0 Å². The van der Waals surface area contributed by atoms with Crippen molar-refractivity contribution in [1.29, 1.82) is 0 Å². The Labute approximate surface area is 137 Å². The number of carbonyl (C=O) groups is 1. The maximum Gasteiger partial charge on any atom is 0.223 e. The maximum atomic E-state index is 12.7. The van der Waals surface area contributed by atoms with Gasteiger partial charge in [0.25, 0.3) is 0 Å². The summed E-state index contributed by atoms with van der Waals surface area (Å²) in [5.41, 5.74) is 1.12. The van der Waals surface area contributed by atoms with Crippen molar-refractivity contribution in [2.45, 2.75) is 43.9 Å². The second-order valence-corrected chi connectivity index (χ2v) is 6.19. The first-order valence-corrected chi connectivity index (χ1v) is 8.29. The molecule has 126 valence electrons. The number of methoxy groups -OCH3 is 2. The Morgan fingerprint density at radius 3 is 3.00 bits per heavy atom. The van der Waals surface area contributed by atoms with Crippen LogP contribution in [0.2, 0.25) is 0 Å². The summed E-state index contributed by atoms with van der Waals surface area (Å²) in [6.45, 7) is 1.27. The van der Waals surface area contributed by atoms with Gasteiger partial charge in [-0.25, -0.2) is 0 Å². The van der Waals surface area contributed by atoms with E-state index in [4.69, 9.17) is 14.2 Å². The van der Waals surface area contributed by atoms with Gasteiger partial charge in [-0.3, -0.25) is 4.79 Å². The average Bonchev–Trinajstić information content (AvgIpc) is 2.88. The van der Waals surface area contributed by atoms with Crippen molar-refractivity contribution in [1.82, 2.24) is 4.90 Å². The summed E-state index contributed by atoms with van der Waals surface area (Å²) >= 11 is 0. The second-order valence-electron chi connectivity index (χ2n) is 6.19. The monoisotopic (exact) mass is 319 g/mol. The van der Waals surface area contributed by atoms with E-state index < -0.39 is 0 Å². The van der Waals surface area contributed by atoms with Crippen LogP contribution in [0.5, 0.6) is 5.75 Å². The van der Waals surface area contributed by atoms with E-state index in [1.165, 1.54) is 0 Å². The molecule has 1 aliphatic heterocycles. The molecule has 2 bridgehead atoms. The van der Waals surface area contributed by atoms with Crippen LogP contribution in [0.1, 0.15) is 24.8 Å². The van der Waals surface area contributed by atoms with Crippen LogP contribution in [0.3, 0.4) is 0 Å². The van der Waals surface area contributed by atoms with Gasteiger partial charge in [-0.1, -0.05) is 12.1 Å². The van der Waals surface area contributed by atoms with Gasteiger partial charge in [-0.15, -0.1) is 0 Å². The van der Waals surface area contributed by atoms with Gasteiger partial charge in [-0.2, -0.15) is 0 Å². The van der Waals surface area contributed by atoms with Gasteiger partial charge >= 0.3 is 0 Å². The number of rotatable bonds is 5. The van der Waals surface area contributed by atoms with Gasteiger partial charge in [0.15, 0.2) is 0 Å². The molecule has 1 saturated carbocycles. The van der Waals surface area contributed by atoms with E-state index >= 15 is 0 Å². The standard InChI is InChI=1S/C18H25NO4/c1-21-14-5-3-4-13(12-14)6-9-17(20)19-10-11-23-16-8-7-15(19)18(16)22-2/h3-5,12,15-16,18H,6-11H2,1-2H3/t15-,16-,18+/m0/s1. The van der Waals surface area contributed by atoms with E-state index in [2.05, 4.69) is 0 Å². The lowest BCUT2D eigenvalue weighted by Gasteiger charge is -2.30. The van der Waals surface area contributed by atoms with Crippen molar-refractivity contribution >= 4 is 5.91 Å². The van der Waals surface area contributed by atoms with Crippen molar-refractivity contribution in [3.8, 4) is 5.75 Å². The first-order chi connectivity index (χ1) is 11.2. The number of benzene rings is 1. The first-order valence-electron chi connectivity index (χ1n) is 8.29. The third-order valence-electron chi connectivity index (χ3n) is 4.91. The van der Waals surface area contributed by atoms with Crippen molar-refractivity contribution in [3.63, 3.8) is 0 Å². The average molecular weight is 319 g/mol. The SMILES string of the molecule is COc1cccc(CCC(=O)N2CCO[C@H]3CC[C@H]2[C@H]3OC)c1. The number of ether oxygens (including phenoxy) is 3. The molecule has 0 N–H and O–H groups in total. The molecule has 1 aliphatic carbocycles. The highest BCUT2D eigenvalue weighted by molar-refractivity contribution is 5.77. The zero-order valence-electron chi connectivity index (χ0n) is 13.9. The highest BCUT2D eigenvalue weighted by Gasteiger charge is 2.43. The maximum absolute atomic E-state index is 12.7. The summed E-state index contributed by atoms with van der Waals surface area (Å²) in [5, 5.41) is 0. The molecule has 1 aromatic rings. The molecule has 0 unspecified atom stereocenters. The Balaban J connectivity index is 1.62. The third kappa shape index (κ3) is 3.51. The van der Waals surface area contributed by atoms with Gasteiger partial charge in [-0.05, 0) is 37.0 Å². The zero-order valence-corrected chi connectivity index (χ0v) is 13.9. The number of hydrogen-bond donors (Lipinski definition) is 0. The fourth-order valence-corrected chi connectivity index (χ4v) is 3.73. The lowest BCUT2D eigenvalue weighted by molar-refractivity contribution is -0.135. The summed E-state index contributed by atoms with van der Waals surface area (Å²) in [6.07, 6.45) is 3.32. The van der Waals surface area contributed by atoms with Gasteiger partial charge in [0.1, 0.15) is 11.9 Å². The van der Waals surface area contributed by atoms with Crippen LogP contribution in [0.15, 0.2) is 24.3 Å². The van der Waals surface area contributed by atoms with E-state index in [1.54, 1.807) is 14.2 Å². The lowest BCUT2D eigenvalue weighted by Crippen LogP contribution is -2.46. The van der Waals surface area contributed by atoms with E-state index in [1.807, 2.05) is 29.2 Å².